The lowest BCUT2D eigenvalue weighted by molar-refractivity contribution is -0.118. The molecule has 1 aliphatic heterocycles. The summed E-state index contributed by atoms with van der Waals surface area (Å²) >= 11 is 1.95. The Hall–Kier alpha value is -1.43. The summed E-state index contributed by atoms with van der Waals surface area (Å²) in [5.41, 5.74) is 1.84. The van der Waals surface area contributed by atoms with E-state index in [2.05, 4.69) is 0 Å². The summed E-state index contributed by atoms with van der Waals surface area (Å²) in [5.74, 6) is 0.0407. The second-order valence-corrected chi connectivity index (χ2v) is 5.55. The van der Waals surface area contributed by atoms with Crippen molar-refractivity contribution in [3.05, 3.63) is 50.8 Å². The van der Waals surface area contributed by atoms with E-state index in [1.165, 1.54) is 0 Å². The number of hydrogen-bond donors (Lipinski definition) is 0. The first-order chi connectivity index (χ1) is 9.20. The van der Waals surface area contributed by atoms with Crippen LogP contribution in [0.25, 0.3) is 5.57 Å². The second-order valence-electron chi connectivity index (χ2n) is 4.47. The third kappa shape index (κ3) is 2.04. The number of ether oxygens (including phenoxy) is 1. The minimum atomic E-state index is -0.159. The summed E-state index contributed by atoms with van der Waals surface area (Å²) in [6.45, 7) is 0.516. The van der Waals surface area contributed by atoms with Crippen LogP contribution < -0.4 is 0 Å². The fourth-order valence-electron chi connectivity index (χ4n) is 2.37. The van der Waals surface area contributed by atoms with Crippen LogP contribution in [0.3, 0.4) is 0 Å². The molecule has 19 heavy (non-hydrogen) atoms. The molecule has 0 unspecified atom stereocenters. The van der Waals surface area contributed by atoms with Crippen LogP contribution in [-0.2, 0) is 14.3 Å². The zero-order chi connectivity index (χ0) is 13.4. The molecule has 0 saturated carbocycles. The van der Waals surface area contributed by atoms with Gasteiger partial charge in [0.15, 0.2) is 11.5 Å². The van der Waals surface area contributed by atoms with E-state index in [4.69, 9.17) is 4.74 Å². The van der Waals surface area contributed by atoms with Gasteiger partial charge in [0, 0.05) is 11.1 Å². The Morgan fingerprint density at radius 1 is 1.05 bits per heavy atom. The number of halogens is 1. The van der Waals surface area contributed by atoms with E-state index in [-0.39, 0.29) is 17.3 Å². The van der Waals surface area contributed by atoms with Crippen LogP contribution in [0.4, 0.5) is 0 Å². The van der Waals surface area contributed by atoms with E-state index in [1.54, 1.807) is 0 Å². The number of carbonyl (C=O) groups is 2. The summed E-state index contributed by atoms with van der Waals surface area (Å²) in [5, 5.41) is 0. The molecular weight excluding hydrogens is 355 g/mol. The number of carbonyl (C=O) groups excluding carboxylic acids is 2. The van der Waals surface area contributed by atoms with Crippen molar-refractivity contribution in [3.8, 4) is 0 Å². The standard InChI is InChI=1S/C15H11IO3/c16-12-11(9-5-2-1-3-6-9)13(17)10-7-4-8-19-15(10)14(12)18/h1-3,5-6H,4,7-8H2. The first-order valence-electron chi connectivity index (χ1n) is 6.10. The molecule has 0 radical (unpaired) electrons. The topological polar surface area (TPSA) is 43.4 Å². The van der Waals surface area contributed by atoms with Crippen molar-refractivity contribution >= 4 is 39.7 Å². The third-order valence-corrected chi connectivity index (χ3v) is 4.31. The Balaban J connectivity index is 2.14. The molecule has 1 heterocycles. The molecular formula is C15H11IO3. The predicted octanol–water partition coefficient (Wildman–Crippen LogP) is 3.05. The molecule has 3 nitrogen and oxygen atoms in total. The van der Waals surface area contributed by atoms with Crippen molar-refractivity contribution in [3.63, 3.8) is 0 Å². The predicted molar refractivity (Wildman–Crippen MR) is 79.6 cm³/mol. The van der Waals surface area contributed by atoms with E-state index in [1.807, 2.05) is 52.9 Å². The number of Topliss-reactive ketones (excluding diaryl/α,β-unsaturated/α-hetero) is 2. The third-order valence-electron chi connectivity index (χ3n) is 3.28. The maximum absolute atomic E-state index is 12.6. The molecule has 3 rings (SSSR count). The van der Waals surface area contributed by atoms with Crippen LogP contribution in [0.5, 0.6) is 0 Å². The normalized spacial score (nSPS) is 19.4. The first kappa shape index (κ1) is 12.6. The van der Waals surface area contributed by atoms with Gasteiger partial charge in [0.05, 0.1) is 10.2 Å². The fraction of sp³-hybridized carbons (Fsp3) is 0.200. The summed E-state index contributed by atoms with van der Waals surface area (Å²) in [7, 11) is 0. The summed E-state index contributed by atoms with van der Waals surface area (Å²) in [6.07, 6.45) is 1.41. The highest BCUT2D eigenvalue weighted by Crippen LogP contribution is 2.38. The Bertz CT molecular complexity index is 626. The molecule has 0 saturated heterocycles. The maximum Gasteiger partial charge on any atom is 0.234 e. The molecule has 96 valence electrons. The van der Waals surface area contributed by atoms with Gasteiger partial charge < -0.3 is 4.74 Å². The Morgan fingerprint density at radius 2 is 1.79 bits per heavy atom. The minimum Gasteiger partial charge on any atom is -0.489 e. The van der Waals surface area contributed by atoms with E-state index < -0.39 is 0 Å². The molecule has 1 aromatic rings. The highest BCUT2D eigenvalue weighted by molar-refractivity contribution is 14.1. The van der Waals surface area contributed by atoms with Gasteiger partial charge in [-0.1, -0.05) is 30.3 Å². The number of rotatable bonds is 1. The molecule has 0 aromatic heterocycles. The Kier molecular flexibility index (Phi) is 3.26. The molecule has 0 bridgehead atoms. The molecule has 0 amide bonds. The minimum absolute atomic E-state index is 0.0649. The van der Waals surface area contributed by atoms with Crippen molar-refractivity contribution in [2.75, 3.05) is 6.61 Å². The summed E-state index contributed by atoms with van der Waals surface area (Å²) in [4.78, 5) is 24.9. The van der Waals surface area contributed by atoms with Gasteiger partial charge >= 0.3 is 0 Å². The van der Waals surface area contributed by atoms with Gasteiger partial charge in [-0.15, -0.1) is 0 Å². The van der Waals surface area contributed by atoms with Crippen molar-refractivity contribution in [2.45, 2.75) is 12.8 Å². The van der Waals surface area contributed by atoms with Gasteiger partial charge in [-0.25, -0.2) is 0 Å². The van der Waals surface area contributed by atoms with Crippen molar-refractivity contribution < 1.29 is 14.3 Å². The smallest absolute Gasteiger partial charge is 0.234 e. The van der Waals surface area contributed by atoms with Crippen LogP contribution >= 0.6 is 22.6 Å². The van der Waals surface area contributed by atoms with E-state index in [0.29, 0.717) is 27.8 Å². The quantitative estimate of drug-likeness (QED) is 0.567. The second kappa shape index (κ2) is 4.92. The number of hydrogen-bond acceptors (Lipinski definition) is 3. The van der Waals surface area contributed by atoms with E-state index in [0.717, 1.165) is 12.0 Å². The van der Waals surface area contributed by atoms with Crippen molar-refractivity contribution in [2.24, 2.45) is 0 Å². The zero-order valence-electron chi connectivity index (χ0n) is 10.1. The van der Waals surface area contributed by atoms with Gasteiger partial charge in [-0.2, -0.15) is 0 Å². The van der Waals surface area contributed by atoms with Gasteiger partial charge in [0.25, 0.3) is 0 Å². The highest BCUT2D eigenvalue weighted by atomic mass is 127. The average molecular weight is 366 g/mol. The lowest BCUT2D eigenvalue weighted by Crippen LogP contribution is -2.26. The van der Waals surface area contributed by atoms with Crippen LogP contribution in [0.2, 0.25) is 0 Å². The monoisotopic (exact) mass is 366 g/mol. The van der Waals surface area contributed by atoms with Gasteiger partial charge in [-0.3, -0.25) is 9.59 Å². The fourth-order valence-corrected chi connectivity index (χ4v) is 3.17. The molecule has 0 fully saturated rings. The van der Waals surface area contributed by atoms with E-state index >= 15 is 0 Å². The van der Waals surface area contributed by atoms with E-state index in [9.17, 15) is 9.59 Å². The summed E-state index contributed by atoms with van der Waals surface area (Å²) < 4.78 is 5.84. The molecule has 1 aliphatic carbocycles. The van der Waals surface area contributed by atoms with Gasteiger partial charge in [0.1, 0.15) is 0 Å². The largest absolute Gasteiger partial charge is 0.489 e. The number of ketones is 2. The average Bonchev–Trinajstić information content (AvgIpc) is 2.46. The van der Waals surface area contributed by atoms with Crippen LogP contribution in [0, 0.1) is 0 Å². The summed E-state index contributed by atoms with van der Waals surface area (Å²) in [6, 6.07) is 9.33. The SMILES string of the molecule is O=C1C(I)=C(c2ccccc2)C(=O)C2=C1OCCC2. The molecule has 1 aromatic carbocycles. The highest BCUT2D eigenvalue weighted by Gasteiger charge is 2.36. The maximum atomic E-state index is 12.6. The van der Waals surface area contributed by atoms with Gasteiger partial charge in [-0.05, 0) is 41.0 Å². The van der Waals surface area contributed by atoms with Crippen LogP contribution in [-0.4, -0.2) is 18.2 Å². The zero-order valence-corrected chi connectivity index (χ0v) is 12.3. The van der Waals surface area contributed by atoms with Crippen LogP contribution in [0.1, 0.15) is 18.4 Å². The molecule has 0 N–H and O–H groups in total. The Morgan fingerprint density at radius 3 is 2.53 bits per heavy atom. The van der Waals surface area contributed by atoms with Crippen LogP contribution in [0.15, 0.2) is 45.2 Å². The molecule has 0 spiro atoms. The number of allylic oxidation sites excluding steroid dienone is 3. The lowest BCUT2D eigenvalue weighted by atomic mass is 9.87. The molecule has 0 atom stereocenters. The molecule has 4 heteroatoms. The number of benzene rings is 1. The van der Waals surface area contributed by atoms with Gasteiger partial charge in [0.2, 0.25) is 5.78 Å². The van der Waals surface area contributed by atoms with Crippen molar-refractivity contribution in [1.82, 2.24) is 0 Å². The lowest BCUT2D eigenvalue weighted by Gasteiger charge is -2.25. The first-order valence-corrected chi connectivity index (χ1v) is 7.18. The Labute approximate surface area is 124 Å². The molecule has 2 aliphatic rings. The van der Waals surface area contributed by atoms with Crippen molar-refractivity contribution in [1.29, 1.82) is 0 Å².